The van der Waals surface area contributed by atoms with Gasteiger partial charge in [0.25, 0.3) is 0 Å². The van der Waals surface area contributed by atoms with Crippen molar-refractivity contribution in [2.24, 2.45) is 0 Å². The van der Waals surface area contributed by atoms with Crippen LogP contribution in [0.2, 0.25) is 0 Å². The van der Waals surface area contributed by atoms with E-state index in [2.05, 4.69) is 27.5 Å². The van der Waals surface area contributed by atoms with Crippen LogP contribution in [0.1, 0.15) is 71.1 Å². The van der Waals surface area contributed by atoms with Gasteiger partial charge >= 0.3 is 0 Å². The maximum atomic E-state index is 3.91. The normalized spacial score (nSPS) is 10.9. The molecule has 104 valence electrons. The van der Waals surface area contributed by atoms with Gasteiger partial charge in [-0.2, -0.15) is 5.21 Å². The molecule has 0 atom stereocenters. The summed E-state index contributed by atoms with van der Waals surface area (Å²) in [5.41, 5.74) is 0. The summed E-state index contributed by atoms with van der Waals surface area (Å²) in [6, 6.07) is 0. The van der Waals surface area contributed by atoms with Crippen LogP contribution in [0.5, 0.6) is 0 Å². The first-order valence-electron chi connectivity index (χ1n) is 7.29. The summed E-state index contributed by atoms with van der Waals surface area (Å²) in [6.07, 6.45) is 13.8. The zero-order valence-electron chi connectivity index (χ0n) is 11.5. The summed E-state index contributed by atoms with van der Waals surface area (Å²) in [5, 5.41) is 14.6. The molecule has 0 aromatic carbocycles. The molecule has 0 bridgehead atoms. The number of nitrogens with zero attached hydrogens (tertiary/aromatic N) is 3. The first-order chi connectivity index (χ1) is 8.93. The highest BCUT2D eigenvalue weighted by Gasteiger charge is 1.98. The Bertz CT molecular complexity index is 264. The van der Waals surface area contributed by atoms with Gasteiger partial charge in [-0.05, 0) is 11.6 Å². The van der Waals surface area contributed by atoms with E-state index in [9.17, 15) is 0 Å². The topological polar surface area (TPSA) is 54.5 Å². The maximum Gasteiger partial charge on any atom is 0.230 e. The van der Waals surface area contributed by atoms with Gasteiger partial charge < -0.3 is 0 Å². The van der Waals surface area contributed by atoms with Crippen LogP contribution in [0.15, 0.2) is 5.16 Å². The first-order valence-corrected chi connectivity index (χ1v) is 8.28. The summed E-state index contributed by atoms with van der Waals surface area (Å²) in [5.74, 6) is 1.11. The van der Waals surface area contributed by atoms with Crippen LogP contribution < -0.4 is 0 Å². The van der Waals surface area contributed by atoms with E-state index < -0.39 is 0 Å². The predicted octanol–water partition coefficient (Wildman–Crippen LogP) is 4.21. The third-order valence-corrected chi connectivity index (χ3v) is 3.98. The van der Waals surface area contributed by atoms with Gasteiger partial charge in [0.05, 0.1) is 0 Å². The standard InChI is InChI=1S/C13H26N4S/c1-2-3-4-5-6-7-8-9-10-11-12-18-13-14-16-17-15-13/h2-12H2,1H3,(H,14,15,16,17). The van der Waals surface area contributed by atoms with Crippen LogP contribution in [0.25, 0.3) is 0 Å². The lowest BCUT2D eigenvalue weighted by atomic mass is 10.1. The minimum absolute atomic E-state index is 0.769. The van der Waals surface area contributed by atoms with Crippen LogP contribution in [-0.4, -0.2) is 26.4 Å². The fourth-order valence-electron chi connectivity index (χ4n) is 1.97. The Morgan fingerprint density at radius 1 is 0.889 bits per heavy atom. The highest BCUT2D eigenvalue weighted by molar-refractivity contribution is 7.99. The number of tetrazole rings is 1. The third kappa shape index (κ3) is 8.50. The van der Waals surface area contributed by atoms with Crippen molar-refractivity contribution in [2.75, 3.05) is 5.75 Å². The number of nitrogens with one attached hydrogen (secondary N) is 1. The van der Waals surface area contributed by atoms with E-state index in [4.69, 9.17) is 0 Å². The lowest BCUT2D eigenvalue weighted by Gasteiger charge is -2.01. The molecule has 1 aromatic heterocycles. The number of thioether (sulfide) groups is 1. The van der Waals surface area contributed by atoms with Crippen LogP contribution in [0.4, 0.5) is 0 Å². The summed E-state index contributed by atoms with van der Waals surface area (Å²) in [6.45, 7) is 2.27. The second kappa shape index (κ2) is 11.5. The summed E-state index contributed by atoms with van der Waals surface area (Å²) >= 11 is 1.69. The molecule has 0 saturated carbocycles. The smallest absolute Gasteiger partial charge is 0.176 e. The van der Waals surface area contributed by atoms with Crippen molar-refractivity contribution in [1.82, 2.24) is 20.6 Å². The molecule has 1 rings (SSSR count). The second-order valence-corrected chi connectivity index (χ2v) is 5.79. The third-order valence-electron chi connectivity index (χ3n) is 3.05. The SMILES string of the molecule is CCCCCCCCCCCCSc1nn[nH]n1. The van der Waals surface area contributed by atoms with Gasteiger partial charge in [0.15, 0.2) is 0 Å². The van der Waals surface area contributed by atoms with Crippen LogP contribution >= 0.6 is 11.8 Å². The molecule has 5 heteroatoms. The molecule has 0 aliphatic carbocycles. The van der Waals surface area contributed by atoms with E-state index in [1.807, 2.05) is 0 Å². The molecular weight excluding hydrogens is 244 g/mol. The van der Waals surface area contributed by atoms with Crippen LogP contribution in [0, 0.1) is 0 Å². The zero-order chi connectivity index (χ0) is 12.9. The number of aromatic amines is 1. The average molecular weight is 270 g/mol. The molecule has 0 spiro atoms. The van der Waals surface area contributed by atoms with Crippen LogP contribution in [-0.2, 0) is 0 Å². The largest absolute Gasteiger partial charge is 0.230 e. The van der Waals surface area contributed by atoms with Crippen molar-refractivity contribution in [1.29, 1.82) is 0 Å². The number of unbranched alkanes of at least 4 members (excludes halogenated alkanes) is 9. The Morgan fingerprint density at radius 2 is 1.50 bits per heavy atom. The summed E-state index contributed by atoms with van der Waals surface area (Å²) < 4.78 is 0. The van der Waals surface area contributed by atoms with Crippen LogP contribution in [0.3, 0.4) is 0 Å². The molecule has 0 unspecified atom stereocenters. The van der Waals surface area contributed by atoms with Gasteiger partial charge in [0.1, 0.15) is 0 Å². The Labute approximate surface area is 115 Å². The van der Waals surface area contributed by atoms with Crippen molar-refractivity contribution in [2.45, 2.75) is 76.3 Å². The quantitative estimate of drug-likeness (QED) is 0.456. The van der Waals surface area contributed by atoms with E-state index in [1.54, 1.807) is 11.8 Å². The lowest BCUT2D eigenvalue weighted by Crippen LogP contribution is -1.85. The fraction of sp³-hybridized carbons (Fsp3) is 0.923. The number of hydrogen-bond acceptors (Lipinski definition) is 4. The molecule has 0 aliphatic heterocycles. The highest BCUT2D eigenvalue weighted by Crippen LogP contribution is 2.15. The molecule has 1 heterocycles. The van der Waals surface area contributed by atoms with Crippen molar-refractivity contribution < 1.29 is 0 Å². The number of aromatic nitrogens is 4. The molecule has 0 saturated heterocycles. The van der Waals surface area contributed by atoms with Gasteiger partial charge in [-0.25, -0.2) is 0 Å². The Balaban J connectivity index is 1.73. The molecule has 0 amide bonds. The predicted molar refractivity (Wildman–Crippen MR) is 76.7 cm³/mol. The zero-order valence-corrected chi connectivity index (χ0v) is 12.3. The van der Waals surface area contributed by atoms with Crippen molar-refractivity contribution in [3.8, 4) is 0 Å². The molecular formula is C13H26N4S. The summed E-state index contributed by atoms with van der Waals surface area (Å²) in [4.78, 5) is 0. The molecule has 18 heavy (non-hydrogen) atoms. The second-order valence-electron chi connectivity index (χ2n) is 4.72. The van der Waals surface area contributed by atoms with E-state index in [0.29, 0.717) is 0 Å². The van der Waals surface area contributed by atoms with Gasteiger partial charge in [-0.1, -0.05) is 76.5 Å². The Hall–Kier alpha value is -0.580. The minimum Gasteiger partial charge on any atom is -0.176 e. The first kappa shape index (κ1) is 15.5. The molecule has 4 nitrogen and oxygen atoms in total. The fourth-order valence-corrected chi connectivity index (χ4v) is 2.70. The minimum atomic E-state index is 0.769. The molecule has 0 fully saturated rings. The molecule has 0 radical (unpaired) electrons. The molecule has 1 N–H and O–H groups in total. The summed E-state index contributed by atoms with van der Waals surface area (Å²) in [7, 11) is 0. The van der Waals surface area contributed by atoms with E-state index >= 15 is 0 Å². The Morgan fingerprint density at radius 3 is 2.06 bits per heavy atom. The van der Waals surface area contributed by atoms with Crippen molar-refractivity contribution in [3.05, 3.63) is 0 Å². The number of hydrogen-bond donors (Lipinski definition) is 1. The van der Waals surface area contributed by atoms with E-state index in [0.717, 1.165) is 10.9 Å². The number of H-pyrrole nitrogens is 1. The monoisotopic (exact) mass is 270 g/mol. The molecule has 0 aliphatic rings. The van der Waals surface area contributed by atoms with Gasteiger partial charge in [-0.3, -0.25) is 0 Å². The maximum absolute atomic E-state index is 3.91. The molecule has 1 aromatic rings. The van der Waals surface area contributed by atoms with Gasteiger partial charge in [0, 0.05) is 5.75 Å². The van der Waals surface area contributed by atoms with Gasteiger partial charge in [0.2, 0.25) is 5.16 Å². The van der Waals surface area contributed by atoms with Crippen molar-refractivity contribution in [3.63, 3.8) is 0 Å². The Kier molecular flexibility index (Phi) is 9.89. The highest BCUT2D eigenvalue weighted by atomic mass is 32.2. The van der Waals surface area contributed by atoms with Crippen molar-refractivity contribution >= 4 is 11.8 Å². The van der Waals surface area contributed by atoms with Gasteiger partial charge in [-0.15, -0.1) is 10.2 Å². The average Bonchev–Trinajstić information content (AvgIpc) is 2.89. The van der Waals surface area contributed by atoms with E-state index in [1.165, 1.54) is 64.2 Å². The number of rotatable bonds is 12. The van der Waals surface area contributed by atoms with E-state index in [-0.39, 0.29) is 0 Å². The lowest BCUT2D eigenvalue weighted by molar-refractivity contribution is 0.563.